The van der Waals surface area contributed by atoms with Gasteiger partial charge in [0, 0.05) is 11.3 Å². The highest BCUT2D eigenvalue weighted by Crippen LogP contribution is 2.22. The molecule has 0 spiro atoms. The van der Waals surface area contributed by atoms with Gasteiger partial charge in [0.1, 0.15) is 0 Å². The second-order valence-electron chi connectivity index (χ2n) is 3.31. The lowest BCUT2D eigenvalue weighted by Gasteiger charge is -2.18. The van der Waals surface area contributed by atoms with Crippen molar-refractivity contribution in [2.75, 3.05) is 0 Å². The van der Waals surface area contributed by atoms with Crippen LogP contribution in [-0.4, -0.2) is 11.9 Å². The van der Waals surface area contributed by atoms with Crippen LogP contribution in [0.3, 0.4) is 0 Å². The number of hydrogen-bond donors (Lipinski definition) is 0. The number of rotatable bonds is 2. The van der Waals surface area contributed by atoms with Crippen LogP contribution in [0.15, 0.2) is 17.5 Å². The highest BCUT2D eigenvalue weighted by atomic mass is 32.1. The summed E-state index contributed by atoms with van der Waals surface area (Å²) in [6.45, 7) is 0. The first-order chi connectivity index (χ1) is 6.75. The Morgan fingerprint density at radius 2 is 2.36 bits per heavy atom. The Balaban J connectivity index is 1.99. The summed E-state index contributed by atoms with van der Waals surface area (Å²) in [6.07, 6.45) is 1.68. The van der Waals surface area contributed by atoms with E-state index in [0.717, 1.165) is 0 Å². The van der Waals surface area contributed by atoms with Gasteiger partial charge in [-0.3, -0.25) is 9.59 Å². The molecule has 1 aliphatic rings. The van der Waals surface area contributed by atoms with E-state index in [1.54, 1.807) is 11.3 Å². The van der Waals surface area contributed by atoms with Crippen molar-refractivity contribution in [1.29, 1.82) is 0 Å². The van der Waals surface area contributed by atoms with E-state index in [0.29, 0.717) is 19.3 Å². The summed E-state index contributed by atoms with van der Waals surface area (Å²) in [4.78, 5) is 23.2. The molecule has 4 heteroatoms. The Morgan fingerprint density at radius 1 is 1.50 bits per heavy atom. The van der Waals surface area contributed by atoms with Crippen molar-refractivity contribution in [3.8, 4) is 0 Å². The van der Waals surface area contributed by atoms with E-state index in [9.17, 15) is 9.59 Å². The van der Waals surface area contributed by atoms with Gasteiger partial charge in [-0.15, -0.1) is 11.3 Å². The molecule has 1 unspecified atom stereocenters. The van der Waals surface area contributed by atoms with Crippen LogP contribution in [0.4, 0.5) is 0 Å². The lowest BCUT2D eigenvalue weighted by Crippen LogP contribution is -2.28. The van der Waals surface area contributed by atoms with Crippen molar-refractivity contribution in [2.24, 2.45) is 5.92 Å². The highest BCUT2D eigenvalue weighted by molar-refractivity contribution is 7.09. The van der Waals surface area contributed by atoms with Crippen molar-refractivity contribution in [2.45, 2.75) is 19.3 Å². The maximum absolute atomic E-state index is 11.3. The molecule has 1 saturated heterocycles. The number of carbonyl (C=O) groups is 2. The van der Waals surface area contributed by atoms with Gasteiger partial charge in [-0.1, -0.05) is 6.07 Å². The first-order valence-electron chi connectivity index (χ1n) is 4.52. The van der Waals surface area contributed by atoms with Gasteiger partial charge in [-0.2, -0.15) is 0 Å². The summed E-state index contributed by atoms with van der Waals surface area (Å²) >= 11 is 1.63. The zero-order valence-electron chi connectivity index (χ0n) is 7.56. The van der Waals surface area contributed by atoms with Crippen molar-refractivity contribution >= 4 is 23.3 Å². The Morgan fingerprint density at radius 3 is 3.00 bits per heavy atom. The fourth-order valence-corrected chi connectivity index (χ4v) is 2.30. The average molecular weight is 210 g/mol. The van der Waals surface area contributed by atoms with Crippen LogP contribution in [0.5, 0.6) is 0 Å². The van der Waals surface area contributed by atoms with E-state index in [1.807, 2.05) is 17.5 Å². The molecule has 0 bridgehead atoms. The quantitative estimate of drug-likeness (QED) is 0.552. The Bertz CT molecular complexity index is 342. The molecule has 0 radical (unpaired) electrons. The molecule has 0 aliphatic carbocycles. The van der Waals surface area contributed by atoms with Gasteiger partial charge in [0.2, 0.25) is 0 Å². The van der Waals surface area contributed by atoms with Crippen LogP contribution in [0, 0.1) is 5.92 Å². The second-order valence-corrected chi connectivity index (χ2v) is 4.34. The smallest absolute Gasteiger partial charge is 0.316 e. The van der Waals surface area contributed by atoms with Gasteiger partial charge in [-0.05, 0) is 24.3 Å². The molecule has 74 valence electrons. The molecule has 1 aromatic heterocycles. The zero-order chi connectivity index (χ0) is 9.97. The third-order valence-corrected chi connectivity index (χ3v) is 3.17. The summed E-state index contributed by atoms with van der Waals surface area (Å²) in [6, 6.07) is 3.95. The van der Waals surface area contributed by atoms with Gasteiger partial charge < -0.3 is 4.74 Å². The molecule has 3 nitrogen and oxygen atoms in total. The van der Waals surface area contributed by atoms with E-state index in [4.69, 9.17) is 0 Å². The van der Waals surface area contributed by atoms with E-state index in [-0.39, 0.29) is 11.9 Å². The molecule has 0 amide bonds. The number of carbonyl (C=O) groups excluding carboxylic acids is 2. The molecule has 1 atom stereocenters. The maximum Gasteiger partial charge on any atom is 0.316 e. The first kappa shape index (κ1) is 9.40. The van der Waals surface area contributed by atoms with E-state index in [2.05, 4.69) is 4.74 Å². The lowest BCUT2D eigenvalue weighted by molar-refractivity contribution is -0.167. The molecule has 0 N–H and O–H groups in total. The summed E-state index contributed by atoms with van der Waals surface area (Å²) in [5.74, 6) is -0.890. The average Bonchev–Trinajstić information content (AvgIpc) is 2.62. The van der Waals surface area contributed by atoms with Crippen LogP contribution in [0.2, 0.25) is 0 Å². The molecular formula is C10H10O3S. The second kappa shape index (κ2) is 3.92. The fraction of sp³-hybridized carbons (Fsp3) is 0.400. The standard InChI is InChI=1S/C10H10O3S/c11-9-4-3-7(10(12)13-9)6-8-2-1-5-14-8/h1-2,5,7H,3-4,6H2. The van der Waals surface area contributed by atoms with Gasteiger partial charge in [0.15, 0.2) is 0 Å². The third-order valence-electron chi connectivity index (χ3n) is 2.27. The summed E-state index contributed by atoms with van der Waals surface area (Å²) in [5, 5.41) is 1.98. The largest absolute Gasteiger partial charge is 0.393 e. The van der Waals surface area contributed by atoms with E-state index < -0.39 is 5.97 Å². The normalized spacial score (nSPS) is 22.1. The van der Waals surface area contributed by atoms with Crippen molar-refractivity contribution < 1.29 is 14.3 Å². The summed E-state index contributed by atoms with van der Waals surface area (Å²) < 4.78 is 4.57. The molecule has 14 heavy (non-hydrogen) atoms. The summed E-state index contributed by atoms with van der Waals surface area (Å²) in [5.41, 5.74) is 0. The van der Waals surface area contributed by atoms with Crippen LogP contribution in [-0.2, 0) is 20.7 Å². The zero-order valence-corrected chi connectivity index (χ0v) is 8.38. The number of ether oxygens (including phenoxy) is 1. The van der Waals surface area contributed by atoms with Crippen molar-refractivity contribution in [1.82, 2.24) is 0 Å². The molecule has 1 aliphatic heterocycles. The monoisotopic (exact) mass is 210 g/mol. The lowest BCUT2D eigenvalue weighted by atomic mass is 9.97. The number of cyclic esters (lactones) is 2. The van der Waals surface area contributed by atoms with Crippen LogP contribution >= 0.6 is 11.3 Å². The maximum atomic E-state index is 11.3. The number of hydrogen-bond acceptors (Lipinski definition) is 4. The fourth-order valence-electron chi connectivity index (χ4n) is 1.51. The minimum absolute atomic E-state index is 0.133. The minimum Gasteiger partial charge on any atom is -0.393 e. The van der Waals surface area contributed by atoms with Crippen LogP contribution in [0.1, 0.15) is 17.7 Å². The highest BCUT2D eigenvalue weighted by Gasteiger charge is 2.29. The van der Waals surface area contributed by atoms with Crippen LogP contribution < -0.4 is 0 Å². The molecule has 0 aromatic carbocycles. The topological polar surface area (TPSA) is 43.4 Å². The molecule has 0 saturated carbocycles. The Labute approximate surface area is 85.7 Å². The Kier molecular flexibility index (Phi) is 2.63. The molecule has 1 fully saturated rings. The third kappa shape index (κ3) is 2.01. The van der Waals surface area contributed by atoms with Gasteiger partial charge >= 0.3 is 11.9 Å². The minimum atomic E-state index is -0.391. The predicted molar refractivity (Wildman–Crippen MR) is 51.8 cm³/mol. The first-order valence-corrected chi connectivity index (χ1v) is 5.40. The van der Waals surface area contributed by atoms with E-state index in [1.165, 1.54) is 4.88 Å². The predicted octanol–water partition coefficient (Wildman–Crippen LogP) is 1.77. The van der Waals surface area contributed by atoms with Gasteiger partial charge in [0.25, 0.3) is 0 Å². The summed E-state index contributed by atoms with van der Waals surface area (Å²) in [7, 11) is 0. The van der Waals surface area contributed by atoms with Crippen LogP contribution in [0.25, 0.3) is 0 Å². The Hall–Kier alpha value is -1.16. The number of thiophene rings is 1. The molecule has 2 rings (SSSR count). The van der Waals surface area contributed by atoms with Crippen molar-refractivity contribution in [3.05, 3.63) is 22.4 Å². The SMILES string of the molecule is O=C1CCC(Cc2cccs2)C(=O)O1. The number of esters is 2. The molecule has 1 aromatic rings. The molecule has 2 heterocycles. The van der Waals surface area contributed by atoms with Crippen molar-refractivity contribution in [3.63, 3.8) is 0 Å². The molecular weight excluding hydrogens is 200 g/mol. The van der Waals surface area contributed by atoms with Gasteiger partial charge in [-0.25, -0.2) is 0 Å². The van der Waals surface area contributed by atoms with Gasteiger partial charge in [0.05, 0.1) is 5.92 Å². The van der Waals surface area contributed by atoms with E-state index >= 15 is 0 Å².